The van der Waals surface area contributed by atoms with Gasteiger partial charge in [0.25, 0.3) is 0 Å². The summed E-state index contributed by atoms with van der Waals surface area (Å²) in [7, 11) is 0. The molecular weight excluding hydrogens is 300 g/mol. The van der Waals surface area contributed by atoms with Gasteiger partial charge in [0.05, 0.1) is 6.54 Å². The molecule has 0 unspecified atom stereocenters. The number of likely N-dealkylation sites (tertiary alicyclic amines) is 1. The number of amides is 2. The maximum absolute atomic E-state index is 12.2. The van der Waals surface area contributed by atoms with Crippen molar-refractivity contribution >= 4 is 11.8 Å². The van der Waals surface area contributed by atoms with Crippen LogP contribution in [-0.4, -0.2) is 36.3 Å². The summed E-state index contributed by atoms with van der Waals surface area (Å²) in [4.78, 5) is 25.5. The van der Waals surface area contributed by atoms with E-state index in [9.17, 15) is 9.59 Å². The van der Waals surface area contributed by atoms with Crippen LogP contribution in [0.3, 0.4) is 0 Å². The Hall–Kier alpha value is -2.62. The van der Waals surface area contributed by atoms with Crippen molar-refractivity contribution in [1.82, 2.24) is 10.2 Å². The number of benzene rings is 2. The van der Waals surface area contributed by atoms with Gasteiger partial charge in [-0.2, -0.15) is 0 Å². The molecule has 4 nitrogen and oxygen atoms in total. The maximum atomic E-state index is 12.2. The van der Waals surface area contributed by atoms with Gasteiger partial charge in [0, 0.05) is 25.4 Å². The van der Waals surface area contributed by atoms with Crippen LogP contribution in [0.4, 0.5) is 0 Å². The van der Waals surface area contributed by atoms with Crippen molar-refractivity contribution in [3.8, 4) is 0 Å². The Morgan fingerprint density at radius 2 is 1.58 bits per heavy atom. The van der Waals surface area contributed by atoms with Crippen LogP contribution in [0.5, 0.6) is 0 Å². The van der Waals surface area contributed by atoms with E-state index in [0.717, 1.165) is 6.42 Å². The van der Waals surface area contributed by atoms with Gasteiger partial charge in [-0.05, 0) is 17.5 Å². The van der Waals surface area contributed by atoms with Crippen LogP contribution in [0.2, 0.25) is 0 Å². The monoisotopic (exact) mass is 322 g/mol. The van der Waals surface area contributed by atoms with E-state index in [2.05, 4.69) is 29.6 Å². The summed E-state index contributed by atoms with van der Waals surface area (Å²) < 4.78 is 0. The molecule has 2 aromatic carbocycles. The minimum atomic E-state index is -0.0953. The summed E-state index contributed by atoms with van der Waals surface area (Å²) in [5.74, 6) is 0.0839. The Labute approximate surface area is 142 Å². The summed E-state index contributed by atoms with van der Waals surface area (Å²) in [5.41, 5.74) is 2.34. The molecule has 24 heavy (non-hydrogen) atoms. The van der Waals surface area contributed by atoms with Crippen LogP contribution in [0.25, 0.3) is 0 Å². The lowest BCUT2D eigenvalue weighted by molar-refractivity contribution is -0.133. The first-order valence-electron chi connectivity index (χ1n) is 8.38. The van der Waals surface area contributed by atoms with Crippen molar-refractivity contribution in [2.24, 2.45) is 0 Å². The van der Waals surface area contributed by atoms with Gasteiger partial charge in [0.1, 0.15) is 0 Å². The third-order valence-electron chi connectivity index (χ3n) is 4.41. The number of nitrogens with one attached hydrogen (secondary N) is 1. The minimum Gasteiger partial charge on any atom is -0.354 e. The molecule has 1 fully saturated rings. The maximum Gasteiger partial charge on any atom is 0.239 e. The molecule has 1 aliphatic heterocycles. The highest BCUT2D eigenvalue weighted by Crippen LogP contribution is 2.23. The third-order valence-corrected chi connectivity index (χ3v) is 4.41. The SMILES string of the molecule is O=C(CN1CCCC1=O)NCC(c1ccccc1)c1ccccc1. The molecule has 124 valence electrons. The summed E-state index contributed by atoms with van der Waals surface area (Å²) >= 11 is 0. The summed E-state index contributed by atoms with van der Waals surface area (Å²) in [6.45, 7) is 1.37. The van der Waals surface area contributed by atoms with Crippen LogP contribution < -0.4 is 5.32 Å². The predicted molar refractivity (Wildman–Crippen MR) is 93.6 cm³/mol. The molecule has 0 aromatic heterocycles. The fourth-order valence-electron chi connectivity index (χ4n) is 3.12. The summed E-state index contributed by atoms with van der Waals surface area (Å²) in [6.07, 6.45) is 1.41. The molecule has 0 aliphatic carbocycles. The standard InChI is InChI=1S/C20H22N2O2/c23-19(15-22-13-7-12-20(22)24)21-14-18(16-8-3-1-4-9-16)17-10-5-2-6-11-17/h1-6,8-11,18H,7,12-15H2,(H,21,23). The van der Waals surface area contributed by atoms with Gasteiger partial charge < -0.3 is 10.2 Å². The van der Waals surface area contributed by atoms with Crippen LogP contribution in [0.15, 0.2) is 60.7 Å². The number of hydrogen-bond acceptors (Lipinski definition) is 2. The van der Waals surface area contributed by atoms with E-state index in [1.807, 2.05) is 36.4 Å². The highest BCUT2D eigenvalue weighted by molar-refractivity contribution is 5.85. The molecule has 1 heterocycles. The Kier molecular flexibility index (Phi) is 5.26. The van der Waals surface area contributed by atoms with Gasteiger partial charge in [-0.25, -0.2) is 0 Å². The second kappa shape index (κ2) is 7.77. The first-order chi connectivity index (χ1) is 11.7. The molecule has 0 spiro atoms. The lowest BCUT2D eigenvalue weighted by Gasteiger charge is -2.20. The molecule has 1 N–H and O–H groups in total. The Bertz CT molecular complexity index is 646. The topological polar surface area (TPSA) is 49.4 Å². The van der Waals surface area contributed by atoms with Gasteiger partial charge in [-0.15, -0.1) is 0 Å². The zero-order valence-electron chi connectivity index (χ0n) is 13.7. The van der Waals surface area contributed by atoms with Gasteiger partial charge in [-0.3, -0.25) is 9.59 Å². The average Bonchev–Trinajstić information content (AvgIpc) is 3.02. The van der Waals surface area contributed by atoms with Crippen molar-refractivity contribution in [2.75, 3.05) is 19.6 Å². The second-order valence-electron chi connectivity index (χ2n) is 6.10. The predicted octanol–water partition coefficient (Wildman–Crippen LogP) is 2.56. The van der Waals surface area contributed by atoms with E-state index in [1.165, 1.54) is 11.1 Å². The van der Waals surface area contributed by atoms with E-state index in [-0.39, 0.29) is 24.3 Å². The number of carbonyl (C=O) groups is 2. The molecule has 3 rings (SSSR count). The van der Waals surface area contributed by atoms with Crippen molar-refractivity contribution < 1.29 is 9.59 Å². The first kappa shape index (κ1) is 16.2. The van der Waals surface area contributed by atoms with E-state index in [1.54, 1.807) is 4.90 Å². The fraction of sp³-hybridized carbons (Fsp3) is 0.300. The van der Waals surface area contributed by atoms with E-state index >= 15 is 0 Å². The lowest BCUT2D eigenvalue weighted by atomic mass is 9.91. The number of carbonyl (C=O) groups excluding carboxylic acids is 2. The molecule has 1 saturated heterocycles. The van der Waals surface area contributed by atoms with Gasteiger partial charge in [-0.1, -0.05) is 60.7 Å². The first-order valence-corrected chi connectivity index (χ1v) is 8.38. The molecule has 4 heteroatoms. The fourth-order valence-corrected chi connectivity index (χ4v) is 3.12. The zero-order chi connectivity index (χ0) is 16.8. The Balaban J connectivity index is 1.66. The number of hydrogen-bond donors (Lipinski definition) is 1. The summed E-state index contributed by atoms with van der Waals surface area (Å²) in [6, 6.07) is 20.3. The van der Waals surface area contributed by atoms with Crippen LogP contribution in [0.1, 0.15) is 29.9 Å². The Morgan fingerprint density at radius 1 is 1.00 bits per heavy atom. The molecule has 2 aromatic rings. The highest BCUT2D eigenvalue weighted by Gasteiger charge is 2.23. The second-order valence-corrected chi connectivity index (χ2v) is 6.10. The minimum absolute atomic E-state index is 0.0767. The van der Waals surface area contributed by atoms with E-state index < -0.39 is 0 Å². The lowest BCUT2D eigenvalue weighted by Crippen LogP contribution is -2.39. The molecule has 0 saturated carbocycles. The molecule has 0 atom stereocenters. The van der Waals surface area contributed by atoms with Crippen molar-refractivity contribution in [3.05, 3.63) is 71.8 Å². The van der Waals surface area contributed by atoms with Crippen LogP contribution in [-0.2, 0) is 9.59 Å². The van der Waals surface area contributed by atoms with E-state index in [0.29, 0.717) is 19.5 Å². The van der Waals surface area contributed by atoms with Gasteiger partial charge in [0.15, 0.2) is 0 Å². The normalized spacial score (nSPS) is 14.2. The molecular formula is C20H22N2O2. The van der Waals surface area contributed by atoms with Crippen LogP contribution in [0, 0.1) is 0 Å². The van der Waals surface area contributed by atoms with Crippen molar-refractivity contribution in [3.63, 3.8) is 0 Å². The van der Waals surface area contributed by atoms with Gasteiger partial charge >= 0.3 is 0 Å². The molecule has 0 radical (unpaired) electrons. The van der Waals surface area contributed by atoms with Crippen LogP contribution >= 0.6 is 0 Å². The van der Waals surface area contributed by atoms with E-state index in [4.69, 9.17) is 0 Å². The average molecular weight is 322 g/mol. The number of nitrogens with zero attached hydrogens (tertiary/aromatic N) is 1. The van der Waals surface area contributed by atoms with Crippen molar-refractivity contribution in [1.29, 1.82) is 0 Å². The van der Waals surface area contributed by atoms with Gasteiger partial charge in [0.2, 0.25) is 11.8 Å². The third kappa shape index (κ3) is 4.02. The Morgan fingerprint density at radius 3 is 2.08 bits per heavy atom. The smallest absolute Gasteiger partial charge is 0.239 e. The quantitative estimate of drug-likeness (QED) is 0.888. The number of rotatable bonds is 6. The summed E-state index contributed by atoms with van der Waals surface area (Å²) in [5, 5.41) is 2.99. The largest absolute Gasteiger partial charge is 0.354 e. The molecule has 1 aliphatic rings. The highest BCUT2D eigenvalue weighted by atomic mass is 16.2. The molecule has 2 amide bonds. The zero-order valence-corrected chi connectivity index (χ0v) is 13.7. The van der Waals surface area contributed by atoms with Crippen molar-refractivity contribution in [2.45, 2.75) is 18.8 Å². The molecule has 0 bridgehead atoms.